The maximum atomic E-state index is 13.1. The summed E-state index contributed by atoms with van der Waals surface area (Å²) in [4.78, 5) is 42.1. The van der Waals surface area contributed by atoms with Gasteiger partial charge in [-0.15, -0.1) is 0 Å². The lowest BCUT2D eigenvalue weighted by molar-refractivity contribution is -0.142. The number of hydrogen-bond acceptors (Lipinski definition) is 5. The Bertz CT molecular complexity index is 614. The van der Waals surface area contributed by atoms with Crippen molar-refractivity contribution in [3.63, 3.8) is 0 Å². The normalized spacial score (nSPS) is 29.8. The van der Waals surface area contributed by atoms with Crippen LogP contribution < -0.4 is 11.1 Å². The molecule has 0 aromatic rings. The first-order chi connectivity index (χ1) is 13.8. The number of likely N-dealkylation sites (tertiary alicyclic amines) is 1. The molecule has 3 fully saturated rings. The highest BCUT2D eigenvalue weighted by Crippen LogP contribution is 2.34. The van der Waals surface area contributed by atoms with Crippen LogP contribution in [-0.4, -0.2) is 78.0 Å². The summed E-state index contributed by atoms with van der Waals surface area (Å²) < 4.78 is 5.03. The predicted molar refractivity (Wildman–Crippen MR) is 109 cm³/mol. The third-order valence-electron chi connectivity index (χ3n) is 6.37. The second-order valence-corrected chi connectivity index (χ2v) is 9.14. The van der Waals surface area contributed by atoms with E-state index in [1.807, 2.05) is 18.7 Å². The first kappa shape index (κ1) is 22.0. The molecular formula is C21H36N4O4. The summed E-state index contributed by atoms with van der Waals surface area (Å²) in [7, 11) is 1.48. The van der Waals surface area contributed by atoms with Gasteiger partial charge >= 0.3 is 0 Å². The van der Waals surface area contributed by atoms with Gasteiger partial charge in [-0.2, -0.15) is 0 Å². The highest BCUT2D eigenvalue weighted by molar-refractivity contribution is 5.89. The van der Waals surface area contributed by atoms with Crippen molar-refractivity contribution in [2.24, 2.45) is 11.7 Å². The minimum atomic E-state index is -0.556. The van der Waals surface area contributed by atoms with Crippen LogP contribution in [-0.2, 0) is 19.1 Å². The van der Waals surface area contributed by atoms with Gasteiger partial charge in [-0.3, -0.25) is 14.4 Å². The molecule has 1 heterocycles. The van der Waals surface area contributed by atoms with Crippen LogP contribution in [0.3, 0.4) is 0 Å². The highest BCUT2D eigenvalue weighted by Gasteiger charge is 2.47. The number of ether oxygens (including phenoxy) is 1. The van der Waals surface area contributed by atoms with Gasteiger partial charge in [0.05, 0.1) is 6.04 Å². The maximum Gasteiger partial charge on any atom is 0.249 e. The molecule has 3 aliphatic rings. The van der Waals surface area contributed by atoms with Gasteiger partial charge in [-0.05, 0) is 44.9 Å². The number of nitrogens with one attached hydrogen (secondary N) is 1. The Balaban J connectivity index is 1.71. The molecule has 3 amide bonds. The summed E-state index contributed by atoms with van der Waals surface area (Å²) in [6.07, 6.45) is 6.04. The lowest BCUT2D eigenvalue weighted by atomic mass is 9.91. The number of carbonyl (C=O) groups is 3. The Kier molecular flexibility index (Phi) is 7.16. The third kappa shape index (κ3) is 5.28. The zero-order valence-electron chi connectivity index (χ0n) is 17.9. The fourth-order valence-electron chi connectivity index (χ4n) is 4.62. The van der Waals surface area contributed by atoms with Crippen molar-refractivity contribution >= 4 is 17.7 Å². The Morgan fingerprint density at radius 3 is 2.31 bits per heavy atom. The minimum absolute atomic E-state index is 0.0592. The molecule has 0 bridgehead atoms. The zero-order valence-corrected chi connectivity index (χ0v) is 17.9. The molecule has 2 unspecified atom stereocenters. The van der Waals surface area contributed by atoms with Crippen molar-refractivity contribution in [3.8, 4) is 0 Å². The third-order valence-corrected chi connectivity index (χ3v) is 6.37. The average Bonchev–Trinajstić information content (AvgIpc) is 3.41. The van der Waals surface area contributed by atoms with E-state index in [4.69, 9.17) is 10.5 Å². The molecule has 2 atom stereocenters. The largest absolute Gasteiger partial charge is 0.375 e. The molecule has 164 valence electrons. The molecular weight excluding hydrogens is 372 g/mol. The molecule has 0 radical (unpaired) electrons. The van der Waals surface area contributed by atoms with E-state index in [1.165, 1.54) is 7.11 Å². The molecule has 1 aliphatic heterocycles. The summed E-state index contributed by atoms with van der Waals surface area (Å²) in [5.41, 5.74) is 5.97. The predicted octanol–water partition coefficient (Wildman–Crippen LogP) is 0.635. The molecule has 3 N–H and O–H groups in total. The molecule has 8 heteroatoms. The Morgan fingerprint density at radius 1 is 1.10 bits per heavy atom. The van der Waals surface area contributed by atoms with Gasteiger partial charge in [-0.1, -0.05) is 13.8 Å². The van der Waals surface area contributed by atoms with Crippen LogP contribution in [0.4, 0.5) is 0 Å². The van der Waals surface area contributed by atoms with Crippen molar-refractivity contribution in [2.75, 3.05) is 20.3 Å². The van der Waals surface area contributed by atoms with Crippen molar-refractivity contribution in [3.05, 3.63) is 0 Å². The van der Waals surface area contributed by atoms with Gasteiger partial charge in [0, 0.05) is 37.7 Å². The van der Waals surface area contributed by atoms with Crippen LogP contribution in [0.5, 0.6) is 0 Å². The number of nitrogens with zero attached hydrogens (tertiary/aromatic N) is 2. The van der Waals surface area contributed by atoms with E-state index in [0.717, 1.165) is 38.5 Å². The monoisotopic (exact) mass is 408 g/mol. The molecule has 8 nitrogen and oxygen atoms in total. The van der Waals surface area contributed by atoms with Crippen LogP contribution in [0.25, 0.3) is 0 Å². The molecule has 0 aromatic carbocycles. The van der Waals surface area contributed by atoms with E-state index in [1.54, 1.807) is 4.90 Å². The Morgan fingerprint density at radius 2 is 1.76 bits per heavy atom. The van der Waals surface area contributed by atoms with E-state index >= 15 is 0 Å². The van der Waals surface area contributed by atoms with E-state index in [-0.39, 0.29) is 54.4 Å². The SMILES string of the molecule is COCC(=O)N1CC(N(C(=O)C(C)C)C2CC2)CC1C(=O)NC1CCC(N)CC1. The second-order valence-electron chi connectivity index (χ2n) is 9.14. The van der Waals surface area contributed by atoms with Gasteiger partial charge in [0.25, 0.3) is 0 Å². The summed E-state index contributed by atoms with van der Waals surface area (Å²) in [5, 5.41) is 3.13. The number of methoxy groups -OCH3 is 1. The van der Waals surface area contributed by atoms with Crippen LogP contribution >= 0.6 is 0 Å². The van der Waals surface area contributed by atoms with E-state index < -0.39 is 6.04 Å². The number of carbonyl (C=O) groups excluding carboxylic acids is 3. The summed E-state index contributed by atoms with van der Waals surface area (Å²) >= 11 is 0. The number of hydrogen-bond donors (Lipinski definition) is 2. The van der Waals surface area contributed by atoms with Crippen molar-refractivity contribution < 1.29 is 19.1 Å². The first-order valence-corrected chi connectivity index (χ1v) is 11.0. The van der Waals surface area contributed by atoms with Crippen LogP contribution in [0.15, 0.2) is 0 Å². The van der Waals surface area contributed by atoms with Gasteiger partial charge < -0.3 is 25.6 Å². The van der Waals surface area contributed by atoms with Gasteiger partial charge in [0.2, 0.25) is 17.7 Å². The standard InChI is InChI=1S/C21H36N4O4/c1-13(2)21(28)25(16-8-9-16)17-10-18(24(11-17)19(26)12-29-3)20(27)23-15-6-4-14(22)5-7-15/h13-18H,4-12,22H2,1-3H3,(H,23,27). The number of amides is 3. The maximum absolute atomic E-state index is 13.1. The van der Waals surface area contributed by atoms with Gasteiger partial charge in [0.1, 0.15) is 12.6 Å². The van der Waals surface area contributed by atoms with Gasteiger partial charge in [-0.25, -0.2) is 0 Å². The first-order valence-electron chi connectivity index (χ1n) is 11.0. The smallest absolute Gasteiger partial charge is 0.249 e. The summed E-state index contributed by atoms with van der Waals surface area (Å²) in [6, 6.07) is -0.102. The Hall–Kier alpha value is -1.67. The molecule has 3 rings (SSSR count). The lowest BCUT2D eigenvalue weighted by Gasteiger charge is -2.30. The summed E-state index contributed by atoms with van der Waals surface area (Å²) in [5.74, 6) is -0.309. The number of nitrogens with two attached hydrogens (primary N) is 1. The van der Waals surface area contributed by atoms with E-state index in [9.17, 15) is 14.4 Å². The van der Waals surface area contributed by atoms with Crippen LogP contribution in [0.2, 0.25) is 0 Å². The average molecular weight is 409 g/mol. The van der Waals surface area contributed by atoms with Crippen molar-refractivity contribution in [1.82, 2.24) is 15.1 Å². The summed E-state index contributed by atoms with van der Waals surface area (Å²) in [6.45, 7) is 4.14. The van der Waals surface area contributed by atoms with Gasteiger partial charge in [0.15, 0.2) is 0 Å². The van der Waals surface area contributed by atoms with E-state index in [0.29, 0.717) is 13.0 Å². The molecule has 29 heavy (non-hydrogen) atoms. The highest BCUT2D eigenvalue weighted by atomic mass is 16.5. The van der Waals surface area contributed by atoms with E-state index in [2.05, 4.69) is 5.32 Å². The second kappa shape index (κ2) is 9.43. The van der Waals surface area contributed by atoms with Crippen molar-refractivity contribution in [1.29, 1.82) is 0 Å². The van der Waals surface area contributed by atoms with Crippen LogP contribution in [0.1, 0.15) is 58.8 Å². The molecule has 0 spiro atoms. The molecule has 1 saturated heterocycles. The molecule has 0 aromatic heterocycles. The minimum Gasteiger partial charge on any atom is -0.375 e. The quantitative estimate of drug-likeness (QED) is 0.643. The molecule has 2 aliphatic carbocycles. The van der Waals surface area contributed by atoms with Crippen molar-refractivity contribution in [2.45, 2.75) is 89.0 Å². The van der Waals surface area contributed by atoms with Crippen LogP contribution in [0, 0.1) is 5.92 Å². The fourth-order valence-corrected chi connectivity index (χ4v) is 4.62. The zero-order chi connectivity index (χ0) is 21.1. The Labute approximate surface area is 173 Å². The lowest BCUT2D eigenvalue weighted by Crippen LogP contribution is -2.50. The molecule has 2 saturated carbocycles. The number of rotatable bonds is 7. The topological polar surface area (TPSA) is 105 Å². The fraction of sp³-hybridized carbons (Fsp3) is 0.857.